The first-order chi connectivity index (χ1) is 18.9. The normalized spacial score (nSPS) is 20.4. The molecule has 7 nitrogen and oxygen atoms in total. The smallest absolute Gasteiger partial charge is 0.341 e. The van der Waals surface area contributed by atoms with Gasteiger partial charge in [-0.15, -0.1) is 0 Å². The SMILES string of the molecule is CC(C)[C@@H](NC(=O)c1cc(C(F)(F)F)ccc1F)C(=O)N1CCC2(CC1)CN(C)CC2c1ccc2[nH]ncc2c1. The van der Waals surface area contributed by atoms with E-state index in [0.29, 0.717) is 37.2 Å². The number of nitrogens with zero attached hydrogens (tertiary/aromatic N) is 3. The van der Waals surface area contributed by atoms with Crippen LogP contribution in [-0.4, -0.2) is 71.1 Å². The number of nitrogens with one attached hydrogen (secondary N) is 2. The molecule has 2 aliphatic heterocycles. The van der Waals surface area contributed by atoms with Crippen LogP contribution in [0, 0.1) is 17.2 Å². The van der Waals surface area contributed by atoms with Crippen molar-refractivity contribution in [2.24, 2.45) is 11.3 Å². The van der Waals surface area contributed by atoms with Gasteiger partial charge in [0.1, 0.15) is 11.9 Å². The summed E-state index contributed by atoms with van der Waals surface area (Å²) in [6.07, 6.45) is -1.36. The van der Waals surface area contributed by atoms with Crippen LogP contribution >= 0.6 is 0 Å². The Bertz CT molecular complexity index is 1410. The van der Waals surface area contributed by atoms with Crippen molar-refractivity contribution in [1.82, 2.24) is 25.3 Å². The van der Waals surface area contributed by atoms with Crippen molar-refractivity contribution in [2.45, 2.75) is 44.8 Å². The van der Waals surface area contributed by atoms with Crippen LogP contribution in [0.15, 0.2) is 42.6 Å². The summed E-state index contributed by atoms with van der Waals surface area (Å²) in [6.45, 7) is 6.28. The molecule has 2 amide bonds. The molecule has 0 bridgehead atoms. The van der Waals surface area contributed by atoms with Crippen molar-refractivity contribution < 1.29 is 27.2 Å². The van der Waals surface area contributed by atoms with Crippen molar-refractivity contribution >= 4 is 22.7 Å². The molecular formula is C29H33F4N5O2. The Hall–Kier alpha value is -3.47. The number of hydrogen-bond acceptors (Lipinski definition) is 4. The number of aromatic nitrogens is 2. The highest BCUT2D eigenvalue weighted by atomic mass is 19.4. The number of halogens is 4. The second kappa shape index (κ2) is 10.5. The van der Waals surface area contributed by atoms with E-state index in [9.17, 15) is 27.2 Å². The second-order valence-electron chi connectivity index (χ2n) is 11.5. The Balaban J connectivity index is 1.30. The Kier molecular flexibility index (Phi) is 7.37. The predicted molar refractivity (Wildman–Crippen MR) is 142 cm³/mol. The molecule has 214 valence electrons. The molecule has 1 aromatic heterocycles. The molecule has 1 unspecified atom stereocenters. The van der Waals surface area contributed by atoms with Crippen LogP contribution in [0.5, 0.6) is 0 Å². The lowest BCUT2D eigenvalue weighted by Crippen LogP contribution is -2.54. The van der Waals surface area contributed by atoms with Gasteiger partial charge in [-0.25, -0.2) is 4.39 Å². The summed E-state index contributed by atoms with van der Waals surface area (Å²) in [5.74, 6) is -2.50. The molecule has 2 N–H and O–H groups in total. The number of piperidine rings is 1. The average Bonchev–Trinajstić information content (AvgIpc) is 3.50. The Morgan fingerprint density at radius 2 is 1.85 bits per heavy atom. The molecule has 0 saturated carbocycles. The molecule has 3 aromatic rings. The molecule has 11 heteroatoms. The summed E-state index contributed by atoms with van der Waals surface area (Å²) < 4.78 is 53.8. The van der Waals surface area contributed by atoms with E-state index in [1.807, 2.05) is 12.3 Å². The van der Waals surface area contributed by atoms with Gasteiger partial charge in [-0.05, 0) is 67.1 Å². The molecule has 2 atom stereocenters. The minimum Gasteiger partial charge on any atom is -0.341 e. The van der Waals surface area contributed by atoms with Crippen molar-refractivity contribution in [1.29, 1.82) is 0 Å². The summed E-state index contributed by atoms with van der Waals surface area (Å²) in [6, 6.07) is 7.05. The van der Waals surface area contributed by atoms with Gasteiger partial charge in [-0.2, -0.15) is 18.3 Å². The van der Waals surface area contributed by atoms with Gasteiger partial charge in [0, 0.05) is 37.5 Å². The molecule has 2 aromatic carbocycles. The van der Waals surface area contributed by atoms with E-state index in [-0.39, 0.29) is 17.2 Å². The zero-order valence-corrected chi connectivity index (χ0v) is 22.7. The van der Waals surface area contributed by atoms with Crippen LogP contribution in [0.1, 0.15) is 54.1 Å². The molecule has 1 spiro atoms. The first kappa shape index (κ1) is 28.1. The molecular weight excluding hydrogens is 526 g/mol. The number of alkyl halides is 3. The number of likely N-dealkylation sites (tertiary alicyclic amines) is 2. The standard InChI is InChI=1S/C29H33F4N5O2/c1-17(2)25(35-26(39)21-13-20(29(31,32)33)5-6-23(21)30)27(40)38-10-8-28(9-11-38)16-37(3)15-22(28)18-4-7-24-19(12-18)14-34-36-24/h4-7,12-14,17,22,25H,8-11,15-16H2,1-3H3,(H,34,36)(H,35,39)/t22?,25-/m1/s1. The number of rotatable bonds is 5. The number of fused-ring (bicyclic) bond motifs is 1. The number of likely N-dealkylation sites (N-methyl/N-ethyl adjacent to an activating group) is 1. The fraction of sp³-hybridized carbons (Fsp3) is 0.483. The lowest BCUT2D eigenvalue weighted by Gasteiger charge is -2.44. The van der Waals surface area contributed by atoms with E-state index < -0.39 is 35.1 Å². The third-order valence-corrected chi connectivity index (χ3v) is 8.51. The molecule has 0 radical (unpaired) electrons. The number of aromatic amines is 1. The van der Waals surface area contributed by atoms with Crippen LogP contribution in [0.25, 0.3) is 10.9 Å². The fourth-order valence-corrected chi connectivity index (χ4v) is 6.34. The monoisotopic (exact) mass is 559 g/mol. The number of carbonyl (C=O) groups excluding carboxylic acids is 2. The summed E-state index contributed by atoms with van der Waals surface area (Å²) in [5, 5.41) is 10.7. The van der Waals surface area contributed by atoms with E-state index in [1.54, 1.807) is 18.7 Å². The number of H-pyrrole nitrogens is 1. The molecule has 5 rings (SSSR count). The average molecular weight is 560 g/mol. The highest BCUT2D eigenvalue weighted by Crippen LogP contribution is 2.49. The van der Waals surface area contributed by atoms with E-state index in [2.05, 4.69) is 39.6 Å². The zero-order chi connectivity index (χ0) is 28.8. The van der Waals surface area contributed by atoms with E-state index in [0.717, 1.165) is 36.8 Å². The number of amides is 2. The van der Waals surface area contributed by atoms with E-state index in [4.69, 9.17) is 0 Å². The largest absolute Gasteiger partial charge is 0.416 e. The Labute approximate surface area is 229 Å². The highest BCUT2D eigenvalue weighted by molar-refractivity contribution is 5.98. The minimum atomic E-state index is -4.73. The molecule has 40 heavy (non-hydrogen) atoms. The topological polar surface area (TPSA) is 81.3 Å². The van der Waals surface area contributed by atoms with E-state index in [1.165, 1.54) is 5.56 Å². The highest BCUT2D eigenvalue weighted by Gasteiger charge is 2.48. The van der Waals surface area contributed by atoms with Crippen molar-refractivity contribution in [2.75, 3.05) is 33.2 Å². The van der Waals surface area contributed by atoms with Crippen LogP contribution in [-0.2, 0) is 11.0 Å². The van der Waals surface area contributed by atoms with Crippen molar-refractivity contribution in [3.63, 3.8) is 0 Å². The molecule has 3 heterocycles. The van der Waals surface area contributed by atoms with E-state index >= 15 is 0 Å². The van der Waals surface area contributed by atoms with Crippen LogP contribution in [0.4, 0.5) is 17.6 Å². The van der Waals surface area contributed by atoms with Crippen LogP contribution in [0.2, 0.25) is 0 Å². The number of carbonyl (C=O) groups is 2. The van der Waals surface area contributed by atoms with Gasteiger partial charge in [0.15, 0.2) is 0 Å². The van der Waals surface area contributed by atoms with Crippen LogP contribution in [0.3, 0.4) is 0 Å². The van der Waals surface area contributed by atoms with Gasteiger partial charge in [-0.3, -0.25) is 14.7 Å². The zero-order valence-electron chi connectivity index (χ0n) is 22.7. The summed E-state index contributed by atoms with van der Waals surface area (Å²) in [7, 11) is 2.10. The quantitative estimate of drug-likeness (QED) is 0.440. The van der Waals surface area contributed by atoms with Crippen molar-refractivity contribution in [3.8, 4) is 0 Å². The maximum atomic E-state index is 14.3. The maximum Gasteiger partial charge on any atom is 0.416 e. The molecule has 2 fully saturated rings. The van der Waals surface area contributed by atoms with Crippen molar-refractivity contribution in [3.05, 3.63) is 65.1 Å². The molecule has 0 aliphatic carbocycles. The third-order valence-electron chi connectivity index (χ3n) is 8.51. The molecule has 2 saturated heterocycles. The summed E-state index contributed by atoms with van der Waals surface area (Å²) in [5.41, 5.74) is 0.346. The Morgan fingerprint density at radius 3 is 2.52 bits per heavy atom. The van der Waals surface area contributed by atoms with Crippen LogP contribution < -0.4 is 5.32 Å². The number of benzene rings is 2. The number of hydrogen-bond donors (Lipinski definition) is 2. The minimum absolute atomic E-state index is 0.0132. The van der Waals surface area contributed by atoms with Gasteiger partial charge in [0.25, 0.3) is 5.91 Å². The third kappa shape index (κ3) is 5.31. The Morgan fingerprint density at radius 1 is 1.12 bits per heavy atom. The van der Waals surface area contributed by atoms with Gasteiger partial charge in [-0.1, -0.05) is 19.9 Å². The van der Waals surface area contributed by atoms with Gasteiger partial charge in [0.2, 0.25) is 5.91 Å². The van der Waals surface area contributed by atoms with Gasteiger partial charge in [0.05, 0.1) is 22.8 Å². The van der Waals surface area contributed by atoms with Gasteiger partial charge >= 0.3 is 6.18 Å². The summed E-state index contributed by atoms with van der Waals surface area (Å²) >= 11 is 0. The maximum absolute atomic E-state index is 14.3. The summed E-state index contributed by atoms with van der Waals surface area (Å²) in [4.78, 5) is 30.5. The predicted octanol–water partition coefficient (Wildman–Crippen LogP) is 4.81. The molecule has 2 aliphatic rings. The first-order valence-corrected chi connectivity index (χ1v) is 13.5. The first-order valence-electron chi connectivity index (χ1n) is 13.5. The second-order valence-corrected chi connectivity index (χ2v) is 11.5. The van der Waals surface area contributed by atoms with Gasteiger partial charge < -0.3 is 15.1 Å². The lowest BCUT2D eigenvalue weighted by atomic mass is 9.68. The fourth-order valence-electron chi connectivity index (χ4n) is 6.34. The lowest BCUT2D eigenvalue weighted by molar-refractivity contribution is -0.138.